The lowest BCUT2D eigenvalue weighted by atomic mass is 9.83. The number of hydrogen-bond acceptors (Lipinski definition) is 2. The predicted molar refractivity (Wildman–Crippen MR) is 92.6 cm³/mol. The van der Waals surface area contributed by atoms with Gasteiger partial charge < -0.3 is 9.84 Å². The minimum absolute atomic E-state index is 0.248. The Hall–Kier alpha value is -2.65. The molecule has 0 aliphatic heterocycles. The van der Waals surface area contributed by atoms with Gasteiger partial charge in [-0.05, 0) is 41.0 Å². The van der Waals surface area contributed by atoms with Gasteiger partial charge in [-0.2, -0.15) is 0 Å². The average Bonchev–Trinajstić information content (AvgIpc) is 2.64. The number of ether oxygens (including phenoxy) is 1. The number of aliphatic hydroxyl groups is 1. The van der Waals surface area contributed by atoms with Gasteiger partial charge in [0.2, 0.25) is 0 Å². The van der Waals surface area contributed by atoms with E-state index in [9.17, 15) is 9.50 Å². The lowest BCUT2D eigenvalue weighted by Gasteiger charge is -2.24. The Morgan fingerprint density at radius 2 is 1.29 bits per heavy atom. The minimum atomic E-state index is -0.776. The molecule has 24 heavy (non-hydrogen) atoms. The van der Waals surface area contributed by atoms with Crippen molar-refractivity contribution in [3.8, 4) is 5.75 Å². The fraction of sp³-hybridized carbons (Fsp3) is 0.143. The number of hydrogen-bond donors (Lipinski definition) is 1. The minimum Gasteiger partial charge on any atom is -0.497 e. The second kappa shape index (κ2) is 7.28. The van der Waals surface area contributed by atoms with Crippen LogP contribution >= 0.6 is 0 Å². The van der Waals surface area contributed by atoms with Crippen molar-refractivity contribution in [2.45, 2.75) is 12.0 Å². The van der Waals surface area contributed by atoms with Gasteiger partial charge in [-0.3, -0.25) is 0 Å². The van der Waals surface area contributed by atoms with E-state index >= 15 is 0 Å². The Morgan fingerprint density at radius 3 is 1.88 bits per heavy atom. The Kier molecular flexibility index (Phi) is 4.92. The number of benzene rings is 3. The standard InChI is InChI=1S/C21H19FO2/c1-24-19-13-9-16(10-14-19)20(15-5-3-2-4-6-15)21(23)17-7-11-18(22)12-8-17/h2-14,20-21,23H,1H3/t20-,21+/m1/s1. The molecule has 2 nitrogen and oxygen atoms in total. The molecule has 3 rings (SSSR count). The first-order valence-corrected chi connectivity index (χ1v) is 7.81. The lowest BCUT2D eigenvalue weighted by molar-refractivity contribution is 0.159. The van der Waals surface area contributed by atoms with Crippen LogP contribution in [0, 0.1) is 5.82 Å². The average molecular weight is 322 g/mol. The van der Waals surface area contributed by atoms with Crippen molar-refractivity contribution >= 4 is 0 Å². The van der Waals surface area contributed by atoms with Crippen LogP contribution in [0.25, 0.3) is 0 Å². The molecule has 0 aromatic heterocycles. The maximum atomic E-state index is 13.2. The van der Waals surface area contributed by atoms with Crippen molar-refractivity contribution in [1.29, 1.82) is 0 Å². The molecule has 0 saturated heterocycles. The fourth-order valence-electron chi connectivity index (χ4n) is 2.88. The molecule has 0 saturated carbocycles. The largest absolute Gasteiger partial charge is 0.497 e. The van der Waals surface area contributed by atoms with Crippen LogP contribution in [0.1, 0.15) is 28.7 Å². The molecule has 3 heteroatoms. The van der Waals surface area contributed by atoms with Crippen LogP contribution in [0.3, 0.4) is 0 Å². The van der Waals surface area contributed by atoms with E-state index in [1.54, 1.807) is 19.2 Å². The summed E-state index contributed by atoms with van der Waals surface area (Å²) >= 11 is 0. The molecule has 0 aliphatic rings. The molecule has 0 radical (unpaired) electrons. The van der Waals surface area contributed by atoms with Crippen molar-refractivity contribution in [3.05, 3.63) is 101 Å². The Labute approximate surface area is 141 Å². The molecule has 3 aromatic rings. The fourth-order valence-corrected chi connectivity index (χ4v) is 2.88. The van der Waals surface area contributed by atoms with Crippen molar-refractivity contribution in [1.82, 2.24) is 0 Å². The summed E-state index contributed by atoms with van der Waals surface area (Å²) in [4.78, 5) is 0. The van der Waals surface area contributed by atoms with E-state index < -0.39 is 6.10 Å². The number of methoxy groups -OCH3 is 1. The molecule has 0 amide bonds. The van der Waals surface area contributed by atoms with Crippen LogP contribution in [0.2, 0.25) is 0 Å². The molecule has 0 unspecified atom stereocenters. The summed E-state index contributed by atoms with van der Waals surface area (Å²) in [5.74, 6) is 0.205. The molecule has 3 aromatic carbocycles. The first kappa shape index (κ1) is 16.2. The highest BCUT2D eigenvalue weighted by Crippen LogP contribution is 2.37. The van der Waals surface area contributed by atoms with Gasteiger partial charge in [0.15, 0.2) is 0 Å². The predicted octanol–water partition coefficient (Wildman–Crippen LogP) is 4.70. The Morgan fingerprint density at radius 1 is 0.750 bits per heavy atom. The van der Waals surface area contributed by atoms with Gasteiger partial charge >= 0.3 is 0 Å². The SMILES string of the molecule is COc1ccc([C@@H](c2ccccc2)[C@@H](O)c2ccc(F)cc2)cc1. The van der Waals surface area contributed by atoms with Gasteiger partial charge in [-0.25, -0.2) is 4.39 Å². The number of rotatable bonds is 5. The van der Waals surface area contributed by atoms with E-state index in [0.29, 0.717) is 5.56 Å². The zero-order chi connectivity index (χ0) is 16.9. The molecule has 0 bridgehead atoms. The van der Waals surface area contributed by atoms with Crippen LogP contribution in [-0.2, 0) is 0 Å². The molecule has 0 spiro atoms. The summed E-state index contributed by atoms with van der Waals surface area (Å²) in [5, 5.41) is 11.0. The highest BCUT2D eigenvalue weighted by molar-refractivity contribution is 5.39. The molecular weight excluding hydrogens is 303 g/mol. The topological polar surface area (TPSA) is 29.5 Å². The normalized spacial score (nSPS) is 13.3. The summed E-state index contributed by atoms with van der Waals surface area (Å²) in [6, 6.07) is 23.5. The van der Waals surface area contributed by atoms with Gasteiger partial charge in [-0.15, -0.1) is 0 Å². The van der Waals surface area contributed by atoms with E-state index in [-0.39, 0.29) is 11.7 Å². The third-order valence-electron chi connectivity index (χ3n) is 4.16. The summed E-state index contributed by atoms with van der Waals surface area (Å²) in [6.07, 6.45) is -0.776. The highest BCUT2D eigenvalue weighted by Gasteiger charge is 2.24. The Bertz CT molecular complexity index is 767. The highest BCUT2D eigenvalue weighted by atomic mass is 19.1. The van der Waals surface area contributed by atoms with Crippen LogP contribution < -0.4 is 4.74 Å². The third kappa shape index (κ3) is 3.47. The zero-order valence-electron chi connectivity index (χ0n) is 13.4. The molecule has 0 fully saturated rings. The smallest absolute Gasteiger partial charge is 0.123 e. The van der Waals surface area contributed by atoms with Gasteiger partial charge in [-0.1, -0.05) is 54.6 Å². The monoisotopic (exact) mass is 322 g/mol. The second-order valence-corrected chi connectivity index (χ2v) is 5.66. The molecule has 122 valence electrons. The van der Waals surface area contributed by atoms with Gasteiger partial charge in [0.1, 0.15) is 11.6 Å². The Balaban J connectivity index is 2.02. The van der Waals surface area contributed by atoms with Crippen molar-refractivity contribution < 1.29 is 14.2 Å². The molecule has 2 atom stereocenters. The van der Waals surface area contributed by atoms with Crippen LogP contribution in [0.15, 0.2) is 78.9 Å². The quantitative estimate of drug-likeness (QED) is 0.738. The third-order valence-corrected chi connectivity index (χ3v) is 4.16. The van der Waals surface area contributed by atoms with Crippen LogP contribution in [0.4, 0.5) is 4.39 Å². The maximum absolute atomic E-state index is 13.2. The first-order valence-electron chi connectivity index (χ1n) is 7.81. The van der Waals surface area contributed by atoms with Gasteiger partial charge in [0.05, 0.1) is 13.2 Å². The number of halogens is 1. The molecule has 1 N–H and O–H groups in total. The number of aliphatic hydroxyl groups excluding tert-OH is 1. The van der Waals surface area contributed by atoms with Crippen molar-refractivity contribution in [2.24, 2.45) is 0 Å². The van der Waals surface area contributed by atoms with E-state index in [1.807, 2.05) is 54.6 Å². The molecule has 0 heterocycles. The maximum Gasteiger partial charge on any atom is 0.123 e. The van der Waals surface area contributed by atoms with Crippen molar-refractivity contribution in [3.63, 3.8) is 0 Å². The summed E-state index contributed by atoms with van der Waals surface area (Å²) in [7, 11) is 1.62. The zero-order valence-corrected chi connectivity index (χ0v) is 13.4. The van der Waals surface area contributed by atoms with E-state index in [2.05, 4.69) is 0 Å². The van der Waals surface area contributed by atoms with Gasteiger partial charge in [0.25, 0.3) is 0 Å². The molecular formula is C21H19FO2. The van der Waals surface area contributed by atoms with Crippen molar-refractivity contribution in [2.75, 3.05) is 7.11 Å². The van der Waals surface area contributed by atoms with E-state index in [0.717, 1.165) is 16.9 Å². The summed E-state index contributed by atoms with van der Waals surface area (Å²) in [6.45, 7) is 0. The summed E-state index contributed by atoms with van der Waals surface area (Å²) < 4.78 is 18.4. The van der Waals surface area contributed by atoms with Crippen LogP contribution in [0.5, 0.6) is 5.75 Å². The van der Waals surface area contributed by atoms with Gasteiger partial charge in [0, 0.05) is 5.92 Å². The van der Waals surface area contributed by atoms with E-state index in [4.69, 9.17) is 4.74 Å². The van der Waals surface area contributed by atoms with Crippen LogP contribution in [-0.4, -0.2) is 12.2 Å². The lowest BCUT2D eigenvalue weighted by Crippen LogP contribution is -2.12. The molecule has 0 aliphatic carbocycles. The van der Waals surface area contributed by atoms with E-state index in [1.165, 1.54) is 12.1 Å². The summed E-state index contributed by atoms with van der Waals surface area (Å²) in [5.41, 5.74) is 2.65. The second-order valence-electron chi connectivity index (χ2n) is 5.66. The first-order chi connectivity index (χ1) is 11.7.